The predicted octanol–water partition coefficient (Wildman–Crippen LogP) is 1.82. The van der Waals surface area contributed by atoms with Crippen LogP contribution in [0.15, 0.2) is 24.3 Å². The van der Waals surface area contributed by atoms with Crippen molar-refractivity contribution in [2.24, 2.45) is 0 Å². The number of nitro benzene ring substituents is 1. The fraction of sp³-hybridized carbons (Fsp3) is 0.125. The predicted molar refractivity (Wildman–Crippen MR) is 46.9 cm³/mol. The first-order valence-corrected chi connectivity index (χ1v) is 3.40. The smallest absolute Gasteiger partial charge is 0.269 e. The van der Waals surface area contributed by atoms with Crippen molar-refractivity contribution in [2.45, 2.75) is 0 Å². The first kappa shape index (κ1) is 8.52. The van der Waals surface area contributed by atoms with E-state index in [1.165, 1.54) is 12.1 Å². The van der Waals surface area contributed by atoms with Gasteiger partial charge >= 0.3 is 0 Å². The quantitative estimate of drug-likeness (QED) is 0.496. The molecule has 0 saturated heterocycles. The zero-order valence-electron chi connectivity index (χ0n) is 6.73. The van der Waals surface area contributed by atoms with Crippen LogP contribution in [0, 0.1) is 17.2 Å². The van der Waals surface area contributed by atoms with Gasteiger partial charge in [0.15, 0.2) is 0 Å². The van der Waals surface area contributed by atoms with E-state index in [2.05, 4.69) is 7.05 Å². The first-order valence-electron chi connectivity index (χ1n) is 3.40. The second-order valence-corrected chi connectivity index (χ2v) is 2.47. The Labute approximate surface area is 70.6 Å². The van der Waals surface area contributed by atoms with E-state index in [9.17, 15) is 10.1 Å². The van der Waals surface area contributed by atoms with Crippen molar-refractivity contribution in [3.05, 3.63) is 41.4 Å². The Morgan fingerprint density at radius 3 is 2.25 bits per heavy atom. The highest BCUT2D eigenvalue weighted by Crippen LogP contribution is 2.17. The van der Waals surface area contributed by atoms with E-state index in [4.69, 9.17) is 0 Å². The average molecular weight is 165 g/mol. The summed E-state index contributed by atoms with van der Waals surface area (Å²) in [6, 6.07) is 6.23. The number of anilines is 1. The Morgan fingerprint density at radius 2 is 1.92 bits per heavy atom. The van der Waals surface area contributed by atoms with E-state index in [0.29, 0.717) is 0 Å². The van der Waals surface area contributed by atoms with Gasteiger partial charge in [-0.3, -0.25) is 10.1 Å². The molecule has 0 N–H and O–H groups in total. The fourth-order valence-corrected chi connectivity index (χ4v) is 0.829. The molecule has 0 spiro atoms. The number of hydrogen-bond acceptors (Lipinski definition) is 3. The molecule has 1 radical (unpaired) electrons. The monoisotopic (exact) mass is 165 g/mol. The van der Waals surface area contributed by atoms with Gasteiger partial charge in [-0.1, -0.05) is 0 Å². The summed E-state index contributed by atoms with van der Waals surface area (Å²) in [6.07, 6.45) is 0. The second-order valence-electron chi connectivity index (χ2n) is 2.47. The molecule has 0 atom stereocenters. The molecule has 0 amide bonds. The maximum absolute atomic E-state index is 10.3. The van der Waals surface area contributed by atoms with Gasteiger partial charge in [0, 0.05) is 31.9 Å². The van der Waals surface area contributed by atoms with Crippen LogP contribution in [0.1, 0.15) is 0 Å². The van der Waals surface area contributed by atoms with Crippen molar-refractivity contribution in [3.63, 3.8) is 0 Å². The molecule has 63 valence electrons. The highest BCUT2D eigenvalue weighted by Gasteiger charge is 2.03. The maximum atomic E-state index is 10.3. The molecule has 0 aliphatic carbocycles. The Morgan fingerprint density at radius 1 is 1.42 bits per heavy atom. The van der Waals surface area contributed by atoms with Crippen LogP contribution in [0.3, 0.4) is 0 Å². The van der Waals surface area contributed by atoms with Crippen LogP contribution in [0.4, 0.5) is 11.4 Å². The van der Waals surface area contributed by atoms with Crippen LogP contribution in [0.2, 0.25) is 0 Å². The molecule has 0 fully saturated rings. The van der Waals surface area contributed by atoms with Gasteiger partial charge in [-0.15, -0.1) is 0 Å². The molecule has 0 unspecified atom stereocenters. The van der Waals surface area contributed by atoms with Gasteiger partial charge in [0.2, 0.25) is 0 Å². The third kappa shape index (κ3) is 1.72. The fourth-order valence-electron chi connectivity index (χ4n) is 0.829. The van der Waals surface area contributed by atoms with Crippen LogP contribution in [0.25, 0.3) is 0 Å². The third-order valence-corrected chi connectivity index (χ3v) is 1.50. The van der Waals surface area contributed by atoms with Crippen molar-refractivity contribution < 1.29 is 4.92 Å². The van der Waals surface area contributed by atoms with Crippen LogP contribution in [-0.2, 0) is 0 Å². The maximum Gasteiger partial charge on any atom is 0.269 e. The summed E-state index contributed by atoms with van der Waals surface area (Å²) in [5.74, 6) is 0. The molecule has 0 aliphatic rings. The van der Waals surface area contributed by atoms with E-state index in [1.807, 2.05) is 0 Å². The highest BCUT2D eigenvalue weighted by atomic mass is 16.6. The number of rotatable bonds is 2. The van der Waals surface area contributed by atoms with E-state index in [0.717, 1.165) is 5.69 Å². The van der Waals surface area contributed by atoms with E-state index < -0.39 is 4.92 Å². The van der Waals surface area contributed by atoms with Crippen molar-refractivity contribution in [2.75, 3.05) is 11.9 Å². The summed E-state index contributed by atoms with van der Waals surface area (Å²) in [4.78, 5) is 11.5. The van der Waals surface area contributed by atoms with Crippen LogP contribution in [-0.4, -0.2) is 12.0 Å². The topological polar surface area (TPSA) is 46.4 Å². The minimum Gasteiger partial charge on any atom is -0.373 e. The standard InChI is InChI=1S/C8H9N2O2/c1-9(2)7-3-5-8(6-4-7)10(11)12/h3-6H,1H2,2H3. The number of non-ortho nitro benzene ring substituents is 1. The van der Waals surface area contributed by atoms with Crippen LogP contribution in [0.5, 0.6) is 0 Å². The van der Waals surface area contributed by atoms with Gasteiger partial charge in [-0.2, -0.15) is 0 Å². The minimum absolute atomic E-state index is 0.0978. The molecule has 1 aromatic rings. The number of nitro groups is 1. The number of nitrogens with zero attached hydrogens (tertiary/aromatic N) is 2. The summed E-state index contributed by atoms with van der Waals surface area (Å²) in [5.41, 5.74) is 0.946. The number of benzene rings is 1. The Bertz CT molecular complexity index is 280. The Balaban J connectivity index is 2.93. The minimum atomic E-state index is -0.424. The Hall–Kier alpha value is -1.58. The van der Waals surface area contributed by atoms with Gasteiger partial charge in [-0.05, 0) is 12.1 Å². The SMILES string of the molecule is [CH2]N(C)c1ccc([N+](=O)[O-])cc1. The summed E-state index contributed by atoms with van der Waals surface area (Å²) in [5, 5.41) is 10.3. The highest BCUT2D eigenvalue weighted by molar-refractivity contribution is 5.50. The molecule has 4 heteroatoms. The lowest BCUT2D eigenvalue weighted by Crippen LogP contribution is -2.04. The zero-order valence-corrected chi connectivity index (χ0v) is 6.73. The molecule has 1 rings (SSSR count). The summed E-state index contributed by atoms with van der Waals surface area (Å²) in [6.45, 7) is 0. The molecule has 1 aromatic carbocycles. The van der Waals surface area contributed by atoms with Crippen molar-refractivity contribution in [3.8, 4) is 0 Å². The lowest BCUT2D eigenvalue weighted by molar-refractivity contribution is -0.384. The molecule has 12 heavy (non-hydrogen) atoms. The Kier molecular flexibility index (Phi) is 2.28. The van der Waals surface area contributed by atoms with Crippen LogP contribution >= 0.6 is 0 Å². The van der Waals surface area contributed by atoms with E-state index in [1.54, 1.807) is 24.1 Å². The zero-order chi connectivity index (χ0) is 9.14. The first-order chi connectivity index (χ1) is 5.61. The summed E-state index contributed by atoms with van der Waals surface area (Å²) >= 11 is 0. The molecule has 0 aliphatic heterocycles. The van der Waals surface area contributed by atoms with Gasteiger partial charge in [0.05, 0.1) is 4.92 Å². The van der Waals surface area contributed by atoms with Gasteiger partial charge < -0.3 is 4.90 Å². The third-order valence-electron chi connectivity index (χ3n) is 1.50. The van der Waals surface area contributed by atoms with Crippen molar-refractivity contribution in [1.82, 2.24) is 0 Å². The molecular weight excluding hydrogens is 156 g/mol. The molecular formula is C8H9N2O2. The molecule has 0 heterocycles. The lowest BCUT2D eigenvalue weighted by atomic mass is 10.3. The molecule has 0 saturated carbocycles. The van der Waals surface area contributed by atoms with Gasteiger partial charge in [-0.25, -0.2) is 0 Å². The molecule has 0 aromatic heterocycles. The normalized spacial score (nSPS) is 9.50. The summed E-state index contributed by atoms with van der Waals surface area (Å²) < 4.78 is 0. The summed E-state index contributed by atoms with van der Waals surface area (Å²) in [7, 11) is 5.43. The van der Waals surface area contributed by atoms with Crippen molar-refractivity contribution in [1.29, 1.82) is 0 Å². The molecule has 0 bridgehead atoms. The average Bonchev–Trinajstić information content (AvgIpc) is 2.04. The lowest BCUT2D eigenvalue weighted by Gasteiger charge is -2.10. The van der Waals surface area contributed by atoms with Crippen molar-refractivity contribution >= 4 is 11.4 Å². The largest absolute Gasteiger partial charge is 0.373 e. The van der Waals surface area contributed by atoms with Gasteiger partial charge in [0.1, 0.15) is 0 Å². The van der Waals surface area contributed by atoms with E-state index in [-0.39, 0.29) is 5.69 Å². The van der Waals surface area contributed by atoms with E-state index >= 15 is 0 Å². The number of hydrogen-bond donors (Lipinski definition) is 0. The van der Waals surface area contributed by atoms with Crippen LogP contribution < -0.4 is 4.90 Å². The molecule has 4 nitrogen and oxygen atoms in total. The second kappa shape index (κ2) is 3.21. The van der Waals surface area contributed by atoms with Gasteiger partial charge in [0.25, 0.3) is 5.69 Å².